The van der Waals surface area contributed by atoms with Crippen LogP contribution in [0.1, 0.15) is 46.4 Å². The number of carboxylic acids is 1. The van der Waals surface area contributed by atoms with Crippen LogP contribution in [-0.2, 0) is 4.79 Å². The third kappa shape index (κ3) is 4.94. The van der Waals surface area contributed by atoms with Crippen LogP contribution in [0.15, 0.2) is 54.6 Å². The number of amides is 2. The fourth-order valence-corrected chi connectivity index (χ4v) is 3.25. The predicted octanol–water partition coefficient (Wildman–Crippen LogP) is 3.31. The highest BCUT2D eigenvalue weighted by Gasteiger charge is 2.26. The van der Waals surface area contributed by atoms with Gasteiger partial charge in [0.1, 0.15) is 0 Å². The van der Waals surface area contributed by atoms with Gasteiger partial charge in [-0.2, -0.15) is 0 Å². The maximum absolute atomic E-state index is 12.4. The lowest BCUT2D eigenvalue weighted by Crippen LogP contribution is -2.38. The zero-order chi connectivity index (χ0) is 19.2. The van der Waals surface area contributed by atoms with E-state index < -0.39 is 5.97 Å². The summed E-state index contributed by atoms with van der Waals surface area (Å²) in [6.07, 6.45) is 2.50. The first-order chi connectivity index (χ1) is 13.0. The molecule has 0 atom stereocenters. The van der Waals surface area contributed by atoms with E-state index in [1.165, 1.54) is 0 Å². The van der Waals surface area contributed by atoms with Gasteiger partial charge in [0.05, 0.1) is 5.92 Å². The van der Waals surface area contributed by atoms with Crippen molar-refractivity contribution in [2.45, 2.75) is 31.7 Å². The number of carboxylic acid groups (broad SMARTS) is 1. The zero-order valence-corrected chi connectivity index (χ0v) is 14.9. The number of para-hydroxylation sites is 1. The average molecular weight is 366 g/mol. The van der Waals surface area contributed by atoms with Crippen molar-refractivity contribution < 1.29 is 19.5 Å². The third-order valence-electron chi connectivity index (χ3n) is 4.85. The standard InChI is InChI=1S/C21H22N2O4/c24-19(22-17-4-2-1-3-5-17)14-6-8-15(9-7-14)20(25)23-18-12-10-16(11-13-18)21(26)27/h1-9,16,18H,10-13H2,(H,22,24)(H,23,25)(H,26,27). The summed E-state index contributed by atoms with van der Waals surface area (Å²) >= 11 is 0. The second kappa shape index (κ2) is 8.49. The van der Waals surface area contributed by atoms with Crippen molar-refractivity contribution >= 4 is 23.5 Å². The van der Waals surface area contributed by atoms with Gasteiger partial charge < -0.3 is 15.7 Å². The summed E-state index contributed by atoms with van der Waals surface area (Å²) in [5.41, 5.74) is 1.66. The van der Waals surface area contributed by atoms with Crippen molar-refractivity contribution in [3.8, 4) is 0 Å². The largest absolute Gasteiger partial charge is 0.481 e. The fourth-order valence-electron chi connectivity index (χ4n) is 3.25. The van der Waals surface area contributed by atoms with Crippen LogP contribution < -0.4 is 10.6 Å². The molecule has 6 heteroatoms. The minimum Gasteiger partial charge on any atom is -0.481 e. The van der Waals surface area contributed by atoms with Crippen LogP contribution in [0.3, 0.4) is 0 Å². The van der Waals surface area contributed by atoms with Gasteiger partial charge in [-0.3, -0.25) is 14.4 Å². The number of aliphatic carboxylic acids is 1. The Bertz CT molecular complexity index is 810. The molecule has 0 aliphatic heterocycles. The average Bonchev–Trinajstić information content (AvgIpc) is 2.69. The first-order valence-corrected chi connectivity index (χ1v) is 9.03. The number of anilines is 1. The van der Waals surface area contributed by atoms with E-state index in [9.17, 15) is 14.4 Å². The van der Waals surface area contributed by atoms with Gasteiger partial charge in [-0.05, 0) is 62.1 Å². The monoisotopic (exact) mass is 366 g/mol. The molecule has 2 aromatic rings. The van der Waals surface area contributed by atoms with Gasteiger partial charge in [-0.1, -0.05) is 18.2 Å². The fraction of sp³-hybridized carbons (Fsp3) is 0.286. The zero-order valence-electron chi connectivity index (χ0n) is 14.9. The summed E-state index contributed by atoms with van der Waals surface area (Å²) in [5, 5.41) is 14.8. The Labute approximate surface area is 157 Å². The van der Waals surface area contributed by atoms with Gasteiger partial charge >= 0.3 is 5.97 Å². The molecule has 2 aromatic carbocycles. The van der Waals surface area contributed by atoms with Gasteiger partial charge in [0.25, 0.3) is 11.8 Å². The number of rotatable bonds is 5. The second-order valence-corrected chi connectivity index (χ2v) is 6.76. The summed E-state index contributed by atoms with van der Waals surface area (Å²) in [7, 11) is 0. The molecule has 0 saturated heterocycles. The van der Waals surface area contributed by atoms with Crippen LogP contribution in [0, 0.1) is 5.92 Å². The number of carbonyl (C=O) groups is 3. The molecule has 1 aliphatic carbocycles. The lowest BCUT2D eigenvalue weighted by Gasteiger charge is -2.26. The third-order valence-corrected chi connectivity index (χ3v) is 4.85. The molecule has 6 nitrogen and oxygen atoms in total. The van der Waals surface area contributed by atoms with Crippen LogP contribution in [0.5, 0.6) is 0 Å². The van der Waals surface area contributed by atoms with E-state index in [1.807, 2.05) is 18.2 Å². The molecule has 3 N–H and O–H groups in total. The molecule has 27 heavy (non-hydrogen) atoms. The van der Waals surface area contributed by atoms with Crippen molar-refractivity contribution in [1.82, 2.24) is 5.32 Å². The lowest BCUT2D eigenvalue weighted by atomic mass is 9.86. The Kier molecular flexibility index (Phi) is 5.86. The molecule has 3 rings (SSSR count). The van der Waals surface area contributed by atoms with Gasteiger partial charge in [-0.15, -0.1) is 0 Å². The normalized spacial score (nSPS) is 19.1. The van der Waals surface area contributed by atoms with Crippen LogP contribution in [0.4, 0.5) is 5.69 Å². The van der Waals surface area contributed by atoms with Gasteiger partial charge in [0.15, 0.2) is 0 Å². The number of carbonyl (C=O) groups excluding carboxylic acids is 2. The number of hydrogen-bond donors (Lipinski definition) is 3. The highest BCUT2D eigenvalue weighted by molar-refractivity contribution is 6.05. The van der Waals surface area contributed by atoms with Crippen LogP contribution in [-0.4, -0.2) is 28.9 Å². The van der Waals surface area contributed by atoms with E-state index >= 15 is 0 Å². The molecule has 0 spiro atoms. The molecule has 0 unspecified atom stereocenters. The summed E-state index contributed by atoms with van der Waals surface area (Å²) < 4.78 is 0. The van der Waals surface area contributed by atoms with E-state index in [0.717, 1.165) is 0 Å². The molecular weight excluding hydrogens is 344 g/mol. The highest BCUT2D eigenvalue weighted by atomic mass is 16.4. The molecule has 0 radical (unpaired) electrons. The quantitative estimate of drug-likeness (QED) is 0.756. The summed E-state index contributed by atoms with van der Waals surface area (Å²) in [6.45, 7) is 0. The van der Waals surface area contributed by atoms with Crippen LogP contribution in [0.2, 0.25) is 0 Å². The lowest BCUT2D eigenvalue weighted by molar-refractivity contribution is -0.142. The Morgan fingerprint density at radius 3 is 1.89 bits per heavy atom. The minimum atomic E-state index is -0.760. The molecule has 0 aromatic heterocycles. The molecule has 0 bridgehead atoms. The van der Waals surface area contributed by atoms with Crippen LogP contribution in [0.25, 0.3) is 0 Å². The number of nitrogens with one attached hydrogen (secondary N) is 2. The smallest absolute Gasteiger partial charge is 0.306 e. The molecule has 2 amide bonds. The predicted molar refractivity (Wildman–Crippen MR) is 102 cm³/mol. The van der Waals surface area contributed by atoms with E-state index in [1.54, 1.807) is 36.4 Å². The highest BCUT2D eigenvalue weighted by Crippen LogP contribution is 2.24. The summed E-state index contributed by atoms with van der Waals surface area (Å²) in [4.78, 5) is 35.6. The Morgan fingerprint density at radius 2 is 1.33 bits per heavy atom. The van der Waals surface area contributed by atoms with Crippen LogP contribution >= 0.6 is 0 Å². The first kappa shape index (κ1) is 18.6. The maximum Gasteiger partial charge on any atom is 0.306 e. The topological polar surface area (TPSA) is 95.5 Å². The second-order valence-electron chi connectivity index (χ2n) is 6.76. The molecule has 140 valence electrons. The molecule has 1 saturated carbocycles. The molecule has 1 fully saturated rings. The maximum atomic E-state index is 12.4. The number of hydrogen-bond acceptors (Lipinski definition) is 3. The SMILES string of the molecule is O=C(Nc1ccccc1)c1ccc(C(=O)NC2CCC(C(=O)O)CC2)cc1. The van der Waals surface area contributed by atoms with Crippen molar-refractivity contribution in [2.75, 3.05) is 5.32 Å². The van der Waals surface area contributed by atoms with Crippen molar-refractivity contribution in [3.63, 3.8) is 0 Å². The van der Waals surface area contributed by atoms with E-state index in [4.69, 9.17) is 5.11 Å². The van der Waals surface area contributed by atoms with E-state index in [0.29, 0.717) is 42.5 Å². The Balaban J connectivity index is 1.54. The molecule has 0 heterocycles. The number of benzene rings is 2. The van der Waals surface area contributed by atoms with E-state index in [2.05, 4.69) is 10.6 Å². The van der Waals surface area contributed by atoms with Crippen molar-refractivity contribution in [3.05, 3.63) is 65.7 Å². The summed E-state index contributed by atoms with van der Waals surface area (Å²) in [5.74, 6) is -1.51. The molecular formula is C21H22N2O4. The first-order valence-electron chi connectivity index (χ1n) is 9.03. The van der Waals surface area contributed by atoms with Gasteiger partial charge in [0.2, 0.25) is 0 Å². The van der Waals surface area contributed by atoms with Gasteiger partial charge in [0, 0.05) is 22.9 Å². The van der Waals surface area contributed by atoms with Crippen molar-refractivity contribution in [1.29, 1.82) is 0 Å². The Hall–Kier alpha value is -3.15. The Morgan fingerprint density at radius 1 is 0.778 bits per heavy atom. The molecule has 1 aliphatic rings. The summed E-state index contributed by atoms with van der Waals surface area (Å²) in [6, 6.07) is 15.6. The van der Waals surface area contributed by atoms with Crippen molar-refractivity contribution in [2.24, 2.45) is 5.92 Å². The van der Waals surface area contributed by atoms with Gasteiger partial charge in [-0.25, -0.2) is 0 Å². The van der Waals surface area contributed by atoms with E-state index in [-0.39, 0.29) is 23.8 Å². The minimum absolute atomic E-state index is 0.00541.